The van der Waals surface area contributed by atoms with Crippen LogP contribution in [-0.4, -0.2) is 19.9 Å². The van der Waals surface area contributed by atoms with Gasteiger partial charge >= 0.3 is 0 Å². The number of hydrazone groups is 1. The van der Waals surface area contributed by atoms with Crippen molar-refractivity contribution >= 4 is 11.9 Å². The van der Waals surface area contributed by atoms with Gasteiger partial charge in [0.15, 0.2) is 17.3 Å². The van der Waals surface area contributed by atoms with Crippen LogP contribution in [0.15, 0.2) is 41.5 Å². The maximum atomic E-state index is 13.4. The van der Waals surface area contributed by atoms with E-state index in [0.717, 1.165) is 17.7 Å². The van der Waals surface area contributed by atoms with E-state index >= 15 is 0 Å². The molecule has 0 fully saturated rings. The van der Waals surface area contributed by atoms with Gasteiger partial charge in [-0.1, -0.05) is 0 Å². The van der Waals surface area contributed by atoms with Crippen molar-refractivity contribution in [1.82, 2.24) is 0 Å². The summed E-state index contributed by atoms with van der Waals surface area (Å²) in [7, 11) is 1.56. The molecular formula is C16H16F2N2O2. The number of halogens is 2. The third kappa shape index (κ3) is 3.94. The van der Waals surface area contributed by atoms with Gasteiger partial charge in [0.25, 0.3) is 0 Å². The molecule has 4 nitrogen and oxygen atoms in total. The van der Waals surface area contributed by atoms with E-state index in [1.165, 1.54) is 12.3 Å². The van der Waals surface area contributed by atoms with Gasteiger partial charge in [-0.2, -0.15) is 5.10 Å². The number of hydrogen-bond donors (Lipinski definition) is 1. The second-order valence-corrected chi connectivity index (χ2v) is 4.34. The summed E-state index contributed by atoms with van der Waals surface area (Å²) < 4.78 is 36.9. The molecule has 0 aliphatic rings. The van der Waals surface area contributed by atoms with E-state index in [0.29, 0.717) is 18.1 Å². The van der Waals surface area contributed by atoms with Gasteiger partial charge < -0.3 is 9.47 Å². The minimum atomic E-state index is -0.707. The second-order valence-electron chi connectivity index (χ2n) is 4.34. The number of hydrogen-bond acceptors (Lipinski definition) is 4. The molecule has 0 amide bonds. The van der Waals surface area contributed by atoms with Crippen LogP contribution in [0.1, 0.15) is 12.5 Å². The molecule has 2 aromatic rings. The van der Waals surface area contributed by atoms with Crippen LogP contribution in [0.4, 0.5) is 14.5 Å². The molecule has 0 saturated heterocycles. The lowest BCUT2D eigenvalue weighted by molar-refractivity contribution is 0.311. The summed E-state index contributed by atoms with van der Waals surface area (Å²) in [6.45, 7) is 2.38. The van der Waals surface area contributed by atoms with Crippen LogP contribution >= 0.6 is 0 Å². The van der Waals surface area contributed by atoms with E-state index in [-0.39, 0.29) is 5.69 Å². The van der Waals surface area contributed by atoms with Gasteiger partial charge in [-0.05, 0) is 42.8 Å². The van der Waals surface area contributed by atoms with Crippen molar-refractivity contribution in [3.05, 3.63) is 53.6 Å². The van der Waals surface area contributed by atoms with Gasteiger partial charge in [0.1, 0.15) is 5.82 Å². The number of anilines is 1. The summed E-state index contributed by atoms with van der Waals surface area (Å²) in [5, 5.41) is 3.93. The van der Waals surface area contributed by atoms with Gasteiger partial charge in [-0.15, -0.1) is 0 Å². The highest BCUT2D eigenvalue weighted by molar-refractivity contribution is 5.81. The third-order valence-corrected chi connectivity index (χ3v) is 2.82. The Labute approximate surface area is 127 Å². The van der Waals surface area contributed by atoms with Crippen LogP contribution in [0.3, 0.4) is 0 Å². The van der Waals surface area contributed by atoms with Crippen molar-refractivity contribution in [2.75, 3.05) is 19.1 Å². The van der Waals surface area contributed by atoms with Gasteiger partial charge in [-0.25, -0.2) is 8.78 Å². The zero-order valence-corrected chi connectivity index (χ0v) is 12.3. The van der Waals surface area contributed by atoms with Crippen LogP contribution in [0.5, 0.6) is 11.5 Å². The molecule has 2 aromatic carbocycles. The lowest BCUT2D eigenvalue weighted by Crippen LogP contribution is -1.97. The monoisotopic (exact) mass is 306 g/mol. The smallest absolute Gasteiger partial charge is 0.161 e. The first kappa shape index (κ1) is 15.8. The Morgan fingerprint density at radius 1 is 1.14 bits per heavy atom. The molecule has 0 radical (unpaired) electrons. The third-order valence-electron chi connectivity index (χ3n) is 2.82. The average molecular weight is 306 g/mol. The molecule has 0 unspecified atom stereocenters. The van der Waals surface area contributed by atoms with Crippen LogP contribution < -0.4 is 14.9 Å². The number of rotatable bonds is 6. The molecule has 0 aliphatic carbocycles. The highest BCUT2D eigenvalue weighted by Crippen LogP contribution is 2.27. The van der Waals surface area contributed by atoms with Crippen molar-refractivity contribution in [2.24, 2.45) is 5.10 Å². The molecule has 0 saturated carbocycles. The van der Waals surface area contributed by atoms with Crippen LogP contribution in [0.25, 0.3) is 0 Å². The van der Waals surface area contributed by atoms with Crippen molar-refractivity contribution in [1.29, 1.82) is 0 Å². The molecule has 0 atom stereocenters. The summed E-state index contributed by atoms with van der Waals surface area (Å²) in [6, 6.07) is 8.52. The fraction of sp³-hybridized carbons (Fsp3) is 0.188. The minimum absolute atomic E-state index is 0.0937. The van der Waals surface area contributed by atoms with E-state index in [2.05, 4.69) is 10.5 Å². The number of ether oxygens (including phenoxy) is 2. The van der Waals surface area contributed by atoms with Gasteiger partial charge in [0.05, 0.1) is 25.6 Å². The Bertz CT molecular complexity index is 675. The first-order valence-corrected chi connectivity index (χ1v) is 6.69. The second kappa shape index (κ2) is 7.40. The molecule has 6 heteroatoms. The molecule has 22 heavy (non-hydrogen) atoms. The predicted octanol–water partition coefficient (Wildman–Crippen LogP) is 3.82. The standard InChI is InChI=1S/C16H16F2N2O2/c1-3-22-16-8-11(4-7-15(16)21-2)10-19-20-14-6-5-12(17)9-13(14)18/h4-10,20H,3H2,1-2H3/b19-10-. The SMILES string of the molecule is CCOc1cc(/C=N\Nc2ccc(F)cc2F)ccc1OC. The predicted molar refractivity (Wildman–Crippen MR) is 81.7 cm³/mol. The molecule has 0 bridgehead atoms. The van der Waals surface area contributed by atoms with Gasteiger partial charge in [-0.3, -0.25) is 5.43 Å². The van der Waals surface area contributed by atoms with E-state index in [1.54, 1.807) is 25.3 Å². The molecule has 2 rings (SSSR count). The Hall–Kier alpha value is -2.63. The Kier molecular flexibility index (Phi) is 5.30. The Morgan fingerprint density at radius 2 is 1.95 bits per heavy atom. The maximum Gasteiger partial charge on any atom is 0.161 e. The zero-order valence-electron chi connectivity index (χ0n) is 12.3. The quantitative estimate of drug-likeness (QED) is 0.652. The minimum Gasteiger partial charge on any atom is -0.493 e. The van der Waals surface area contributed by atoms with Crippen LogP contribution in [0, 0.1) is 11.6 Å². The molecule has 0 aromatic heterocycles. The highest BCUT2D eigenvalue weighted by atomic mass is 19.1. The molecular weight excluding hydrogens is 290 g/mol. The Morgan fingerprint density at radius 3 is 2.64 bits per heavy atom. The van der Waals surface area contributed by atoms with Gasteiger partial charge in [0, 0.05) is 6.07 Å². The number of benzene rings is 2. The number of methoxy groups -OCH3 is 1. The van der Waals surface area contributed by atoms with Crippen molar-refractivity contribution in [2.45, 2.75) is 6.92 Å². The van der Waals surface area contributed by atoms with E-state index < -0.39 is 11.6 Å². The molecule has 1 N–H and O–H groups in total. The average Bonchev–Trinajstić information content (AvgIpc) is 2.50. The highest BCUT2D eigenvalue weighted by Gasteiger charge is 2.04. The first-order valence-electron chi connectivity index (χ1n) is 6.69. The first-order chi connectivity index (χ1) is 10.6. The summed E-state index contributed by atoms with van der Waals surface area (Å²) in [4.78, 5) is 0. The Balaban J connectivity index is 2.11. The largest absolute Gasteiger partial charge is 0.493 e. The topological polar surface area (TPSA) is 42.8 Å². The normalized spacial score (nSPS) is 10.7. The molecule has 116 valence electrons. The summed E-state index contributed by atoms with van der Waals surface area (Å²) in [5.41, 5.74) is 3.37. The molecule has 0 spiro atoms. The van der Waals surface area contributed by atoms with Crippen LogP contribution in [-0.2, 0) is 0 Å². The van der Waals surface area contributed by atoms with E-state index in [9.17, 15) is 8.78 Å². The lowest BCUT2D eigenvalue weighted by Gasteiger charge is -2.09. The van der Waals surface area contributed by atoms with E-state index in [1.807, 2.05) is 6.92 Å². The number of nitrogens with zero attached hydrogens (tertiary/aromatic N) is 1. The maximum absolute atomic E-state index is 13.4. The van der Waals surface area contributed by atoms with Crippen molar-refractivity contribution in [3.8, 4) is 11.5 Å². The summed E-state index contributed by atoms with van der Waals surface area (Å²) in [5.74, 6) is -0.121. The van der Waals surface area contributed by atoms with Crippen LogP contribution in [0.2, 0.25) is 0 Å². The fourth-order valence-corrected chi connectivity index (χ4v) is 1.80. The lowest BCUT2D eigenvalue weighted by atomic mass is 10.2. The van der Waals surface area contributed by atoms with Gasteiger partial charge in [0.2, 0.25) is 0 Å². The summed E-state index contributed by atoms with van der Waals surface area (Å²) in [6.07, 6.45) is 1.50. The molecule has 0 aliphatic heterocycles. The van der Waals surface area contributed by atoms with E-state index in [4.69, 9.17) is 9.47 Å². The van der Waals surface area contributed by atoms with Crippen molar-refractivity contribution in [3.63, 3.8) is 0 Å². The molecule has 0 heterocycles. The number of nitrogens with one attached hydrogen (secondary N) is 1. The zero-order chi connectivity index (χ0) is 15.9. The van der Waals surface area contributed by atoms with Crippen molar-refractivity contribution < 1.29 is 18.3 Å². The summed E-state index contributed by atoms with van der Waals surface area (Å²) >= 11 is 0. The fourth-order valence-electron chi connectivity index (χ4n) is 1.80.